The van der Waals surface area contributed by atoms with Crippen LogP contribution >= 0.6 is 0 Å². The van der Waals surface area contributed by atoms with Crippen molar-refractivity contribution in [2.75, 3.05) is 5.32 Å². The van der Waals surface area contributed by atoms with Gasteiger partial charge in [-0.15, -0.1) is 5.10 Å². The summed E-state index contributed by atoms with van der Waals surface area (Å²) >= 11 is 0. The summed E-state index contributed by atoms with van der Waals surface area (Å²) in [6, 6.07) is 18.7. The molecule has 1 N–H and O–H groups in total. The van der Waals surface area contributed by atoms with Gasteiger partial charge in [0.1, 0.15) is 5.82 Å². The standard InChI is InChI=1S/C23H25N5/c1-15-6-12-19(13-7-15)25-20-14-16(2)24-22-26-21(27-28(20)22)17-8-10-18(11-9-17)23(3,4)5/h6-14,25H,1-5H3. The Labute approximate surface area is 165 Å². The SMILES string of the molecule is Cc1ccc(Nc2cc(C)nc3nc(-c4ccc(C(C)(C)C)cc4)nn23)cc1. The van der Waals surface area contributed by atoms with E-state index in [0.29, 0.717) is 11.6 Å². The first-order chi connectivity index (χ1) is 13.3. The summed E-state index contributed by atoms with van der Waals surface area (Å²) in [5.41, 5.74) is 5.51. The van der Waals surface area contributed by atoms with E-state index < -0.39 is 0 Å². The molecule has 0 amide bonds. The lowest BCUT2D eigenvalue weighted by atomic mass is 9.87. The van der Waals surface area contributed by atoms with Crippen molar-refractivity contribution in [3.63, 3.8) is 0 Å². The number of nitrogens with zero attached hydrogens (tertiary/aromatic N) is 4. The highest BCUT2D eigenvalue weighted by Gasteiger charge is 2.15. The number of hydrogen-bond donors (Lipinski definition) is 1. The molecule has 0 aliphatic rings. The molecule has 0 fully saturated rings. The molecule has 0 bridgehead atoms. The monoisotopic (exact) mass is 371 g/mol. The molecule has 28 heavy (non-hydrogen) atoms. The van der Waals surface area contributed by atoms with E-state index in [9.17, 15) is 0 Å². The molecule has 2 aromatic carbocycles. The van der Waals surface area contributed by atoms with Gasteiger partial charge in [0.15, 0.2) is 5.82 Å². The van der Waals surface area contributed by atoms with Gasteiger partial charge in [-0.05, 0) is 37.0 Å². The van der Waals surface area contributed by atoms with Crippen LogP contribution in [-0.2, 0) is 5.41 Å². The Morgan fingerprint density at radius 1 is 0.857 bits per heavy atom. The summed E-state index contributed by atoms with van der Waals surface area (Å²) in [6.07, 6.45) is 0. The molecule has 0 saturated carbocycles. The first-order valence-electron chi connectivity index (χ1n) is 9.49. The van der Waals surface area contributed by atoms with Crippen molar-refractivity contribution in [2.45, 2.75) is 40.0 Å². The predicted octanol–water partition coefficient (Wildman–Crippen LogP) is 5.45. The van der Waals surface area contributed by atoms with E-state index in [1.165, 1.54) is 11.1 Å². The van der Waals surface area contributed by atoms with Crippen molar-refractivity contribution in [2.24, 2.45) is 0 Å². The van der Waals surface area contributed by atoms with Gasteiger partial charge in [0.25, 0.3) is 5.78 Å². The van der Waals surface area contributed by atoms with Crippen LogP contribution in [-0.4, -0.2) is 19.6 Å². The van der Waals surface area contributed by atoms with Gasteiger partial charge in [0, 0.05) is 23.0 Å². The molecule has 0 radical (unpaired) electrons. The second-order valence-electron chi connectivity index (χ2n) is 8.25. The van der Waals surface area contributed by atoms with Gasteiger partial charge in [0.05, 0.1) is 0 Å². The van der Waals surface area contributed by atoms with Crippen LogP contribution in [0.3, 0.4) is 0 Å². The Kier molecular flexibility index (Phi) is 4.38. The van der Waals surface area contributed by atoms with E-state index >= 15 is 0 Å². The summed E-state index contributed by atoms with van der Waals surface area (Å²) < 4.78 is 1.76. The smallest absolute Gasteiger partial charge is 0.254 e. The van der Waals surface area contributed by atoms with E-state index in [2.05, 4.69) is 91.5 Å². The Morgan fingerprint density at radius 2 is 1.54 bits per heavy atom. The van der Waals surface area contributed by atoms with E-state index in [1.54, 1.807) is 4.52 Å². The third kappa shape index (κ3) is 3.60. The van der Waals surface area contributed by atoms with E-state index in [0.717, 1.165) is 22.8 Å². The second-order valence-corrected chi connectivity index (χ2v) is 8.25. The minimum atomic E-state index is 0.120. The Morgan fingerprint density at radius 3 is 2.18 bits per heavy atom. The number of nitrogens with one attached hydrogen (secondary N) is 1. The van der Waals surface area contributed by atoms with Crippen LogP contribution in [0.4, 0.5) is 11.5 Å². The van der Waals surface area contributed by atoms with Crippen molar-refractivity contribution >= 4 is 17.3 Å². The normalized spacial score (nSPS) is 11.8. The van der Waals surface area contributed by atoms with Crippen LogP contribution in [0.15, 0.2) is 54.6 Å². The first kappa shape index (κ1) is 18.2. The minimum Gasteiger partial charge on any atom is -0.340 e. The topological polar surface area (TPSA) is 55.1 Å². The van der Waals surface area contributed by atoms with Gasteiger partial charge in [-0.3, -0.25) is 0 Å². The molecule has 0 saturated heterocycles. The molecule has 5 nitrogen and oxygen atoms in total. The number of hydrogen-bond acceptors (Lipinski definition) is 4. The summed E-state index contributed by atoms with van der Waals surface area (Å²) in [5, 5.41) is 8.14. The molecule has 0 atom stereocenters. The largest absolute Gasteiger partial charge is 0.340 e. The zero-order chi connectivity index (χ0) is 19.9. The Balaban J connectivity index is 1.73. The molecule has 2 heterocycles. The number of benzene rings is 2. The van der Waals surface area contributed by atoms with Crippen LogP contribution in [0.2, 0.25) is 0 Å². The summed E-state index contributed by atoms with van der Waals surface area (Å²) in [5.74, 6) is 2.10. The molecule has 2 aromatic heterocycles. The first-order valence-corrected chi connectivity index (χ1v) is 9.49. The zero-order valence-corrected chi connectivity index (χ0v) is 17.0. The van der Waals surface area contributed by atoms with Crippen LogP contribution in [0.5, 0.6) is 0 Å². The fourth-order valence-corrected chi connectivity index (χ4v) is 3.10. The number of fused-ring (bicyclic) bond motifs is 1. The van der Waals surface area contributed by atoms with Crippen LogP contribution in [0.1, 0.15) is 37.6 Å². The molecular formula is C23H25N5. The third-order valence-corrected chi connectivity index (χ3v) is 4.77. The summed E-state index contributed by atoms with van der Waals surface area (Å²) in [4.78, 5) is 9.20. The lowest BCUT2D eigenvalue weighted by molar-refractivity contribution is 0.590. The van der Waals surface area contributed by atoms with Crippen LogP contribution < -0.4 is 5.32 Å². The second kappa shape index (κ2) is 6.75. The van der Waals surface area contributed by atoms with Gasteiger partial charge in [0.2, 0.25) is 0 Å². The van der Waals surface area contributed by atoms with Crippen molar-refractivity contribution in [3.8, 4) is 11.4 Å². The maximum Gasteiger partial charge on any atom is 0.254 e. The van der Waals surface area contributed by atoms with Gasteiger partial charge < -0.3 is 5.32 Å². The lowest BCUT2D eigenvalue weighted by Crippen LogP contribution is -2.10. The average Bonchev–Trinajstić information content (AvgIpc) is 3.07. The van der Waals surface area contributed by atoms with E-state index in [-0.39, 0.29) is 5.41 Å². The highest BCUT2D eigenvalue weighted by atomic mass is 15.4. The maximum atomic E-state index is 4.71. The molecular weight excluding hydrogens is 346 g/mol. The van der Waals surface area contributed by atoms with Crippen molar-refractivity contribution < 1.29 is 0 Å². The highest BCUT2D eigenvalue weighted by molar-refractivity contribution is 5.62. The van der Waals surface area contributed by atoms with Crippen LogP contribution in [0, 0.1) is 13.8 Å². The summed E-state index contributed by atoms with van der Waals surface area (Å²) in [7, 11) is 0. The minimum absolute atomic E-state index is 0.120. The zero-order valence-electron chi connectivity index (χ0n) is 17.0. The van der Waals surface area contributed by atoms with Crippen molar-refractivity contribution in [1.29, 1.82) is 0 Å². The number of rotatable bonds is 3. The van der Waals surface area contributed by atoms with Gasteiger partial charge in [-0.2, -0.15) is 9.50 Å². The Bertz CT molecular complexity index is 1120. The van der Waals surface area contributed by atoms with Gasteiger partial charge in [-0.1, -0.05) is 62.7 Å². The number of aromatic nitrogens is 4. The third-order valence-electron chi connectivity index (χ3n) is 4.77. The highest BCUT2D eigenvalue weighted by Crippen LogP contribution is 2.26. The average molecular weight is 371 g/mol. The molecule has 0 spiro atoms. The molecule has 4 rings (SSSR count). The molecule has 142 valence electrons. The lowest BCUT2D eigenvalue weighted by Gasteiger charge is -2.18. The molecule has 0 aliphatic heterocycles. The molecule has 0 unspecified atom stereocenters. The van der Waals surface area contributed by atoms with Crippen molar-refractivity contribution in [3.05, 3.63) is 71.4 Å². The molecule has 0 aliphatic carbocycles. The van der Waals surface area contributed by atoms with Crippen molar-refractivity contribution in [1.82, 2.24) is 19.6 Å². The fourth-order valence-electron chi connectivity index (χ4n) is 3.10. The van der Waals surface area contributed by atoms with E-state index in [4.69, 9.17) is 5.10 Å². The van der Waals surface area contributed by atoms with Crippen LogP contribution in [0.25, 0.3) is 17.2 Å². The van der Waals surface area contributed by atoms with Gasteiger partial charge >= 0.3 is 0 Å². The van der Waals surface area contributed by atoms with E-state index in [1.807, 2.05) is 13.0 Å². The quantitative estimate of drug-likeness (QED) is 0.520. The summed E-state index contributed by atoms with van der Waals surface area (Å²) in [6.45, 7) is 10.7. The number of anilines is 2. The Hall–Kier alpha value is -3.21. The maximum absolute atomic E-state index is 4.71. The predicted molar refractivity (Wildman–Crippen MR) is 114 cm³/mol. The molecule has 5 heteroatoms. The fraction of sp³-hybridized carbons (Fsp3) is 0.261. The molecule has 4 aromatic rings. The number of aryl methyl sites for hydroxylation is 2. The van der Waals surface area contributed by atoms with Gasteiger partial charge in [-0.25, -0.2) is 4.98 Å².